The van der Waals surface area contributed by atoms with Gasteiger partial charge in [0.2, 0.25) is 5.91 Å². The van der Waals surface area contributed by atoms with Crippen molar-refractivity contribution in [3.63, 3.8) is 0 Å². The van der Waals surface area contributed by atoms with E-state index in [1.807, 2.05) is 60.0 Å². The number of ether oxygens (including phenoxy) is 2. The molecule has 0 aliphatic heterocycles. The number of amides is 1. The Morgan fingerprint density at radius 1 is 0.971 bits per heavy atom. The first-order valence-corrected chi connectivity index (χ1v) is 11.5. The zero-order valence-electron chi connectivity index (χ0n) is 18.7. The Bertz CT molecular complexity index is 1240. The number of benzene rings is 3. The predicted octanol–water partition coefficient (Wildman–Crippen LogP) is 5.03. The molecule has 3 aromatic carbocycles. The zero-order chi connectivity index (χ0) is 23.9. The summed E-state index contributed by atoms with van der Waals surface area (Å²) in [6.07, 6.45) is 0. The van der Waals surface area contributed by atoms with Crippen molar-refractivity contribution in [3.8, 4) is 17.2 Å². The smallest absolute Gasteiger partial charge is 0.234 e. The topological polar surface area (TPSA) is 78.3 Å². The number of thioether (sulfide) groups is 1. The number of anilines is 1. The monoisotopic (exact) mass is 478 g/mol. The molecular formula is C25H23FN4O3S. The maximum atomic E-state index is 13.1. The van der Waals surface area contributed by atoms with Crippen LogP contribution in [-0.4, -0.2) is 33.5 Å². The molecule has 0 saturated carbocycles. The van der Waals surface area contributed by atoms with Crippen molar-refractivity contribution in [3.05, 3.63) is 90.0 Å². The molecule has 0 radical (unpaired) electrons. The molecule has 0 bridgehead atoms. The predicted molar refractivity (Wildman–Crippen MR) is 129 cm³/mol. The van der Waals surface area contributed by atoms with Crippen LogP contribution in [0.25, 0.3) is 5.69 Å². The van der Waals surface area contributed by atoms with E-state index in [4.69, 9.17) is 9.47 Å². The van der Waals surface area contributed by atoms with Gasteiger partial charge in [-0.3, -0.25) is 9.36 Å². The molecule has 1 N–H and O–H groups in total. The molecule has 1 aromatic heterocycles. The average molecular weight is 479 g/mol. The molecule has 0 spiro atoms. The van der Waals surface area contributed by atoms with Crippen molar-refractivity contribution in [2.24, 2.45) is 0 Å². The number of nitrogens with zero attached hydrogens (tertiary/aromatic N) is 3. The van der Waals surface area contributed by atoms with E-state index in [-0.39, 0.29) is 24.1 Å². The Balaban J connectivity index is 1.51. The maximum absolute atomic E-state index is 13.1. The number of rotatable bonds is 9. The van der Waals surface area contributed by atoms with Gasteiger partial charge >= 0.3 is 0 Å². The third kappa shape index (κ3) is 5.93. The van der Waals surface area contributed by atoms with Crippen LogP contribution in [0.2, 0.25) is 0 Å². The highest BCUT2D eigenvalue weighted by Gasteiger charge is 2.17. The zero-order valence-corrected chi connectivity index (χ0v) is 19.5. The summed E-state index contributed by atoms with van der Waals surface area (Å²) >= 11 is 1.24. The molecular weight excluding hydrogens is 455 g/mol. The van der Waals surface area contributed by atoms with E-state index in [1.54, 1.807) is 7.11 Å². The molecule has 7 nitrogen and oxygen atoms in total. The normalized spacial score (nSPS) is 10.7. The molecule has 4 aromatic rings. The number of carbonyl (C=O) groups excluding carboxylic acids is 1. The first-order chi connectivity index (χ1) is 16.5. The fraction of sp³-hybridized carbons (Fsp3) is 0.160. The minimum atomic E-state index is -0.361. The highest BCUT2D eigenvalue weighted by atomic mass is 32.2. The standard InChI is InChI=1S/C25H23FN4O3S/c1-17-3-11-22(12-4-17)33-15-23-28-29-25(30(23)20-9-13-21(32-2)14-10-20)34-16-24(31)27-19-7-5-18(26)6-8-19/h3-14H,15-16H2,1-2H3,(H,27,31). The minimum absolute atomic E-state index is 0.102. The van der Waals surface area contributed by atoms with Crippen molar-refractivity contribution in [2.45, 2.75) is 18.7 Å². The van der Waals surface area contributed by atoms with Gasteiger partial charge in [-0.1, -0.05) is 29.5 Å². The number of aromatic nitrogens is 3. The molecule has 9 heteroatoms. The van der Waals surface area contributed by atoms with Gasteiger partial charge < -0.3 is 14.8 Å². The van der Waals surface area contributed by atoms with Crippen LogP contribution in [-0.2, 0) is 11.4 Å². The van der Waals surface area contributed by atoms with Gasteiger partial charge in [-0.25, -0.2) is 4.39 Å². The molecule has 0 atom stereocenters. The van der Waals surface area contributed by atoms with Gasteiger partial charge in [0, 0.05) is 11.4 Å². The minimum Gasteiger partial charge on any atom is -0.497 e. The van der Waals surface area contributed by atoms with Crippen LogP contribution in [0.4, 0.5) is 10.1 Å². The van der Waals surface area contributed by atoms with E-state index in [1.165, 1.54) is 36.0 Å². The number of aryl methyl sites for hydroxylation is 1. The van der Waals surface area contributed by atoms with Gasteiger partial charge in [-0.2, -0.15) is 0 Å². The lowest BCUT2D eigenvalue weighted by Gasteiger charge is -2.12. The van der Waals surface area contributed by atoms with Crippen molar-refractivity contribution in [1.82, 2.24) is 14.8 Å². The summed E-state index contributed by atoms with van der Waals surface area (Å²) < 4.78 is 26.1. The molecule has 1 amide bonds. The van der Waals surface area contributed by atoms with E-state index >= 15 is 0 Å². The van der Waals surface area contributed by atoms with E-state index in [2.05, 4.69) is 15.5 Å². The van der Waals surface area contributed by atoms with Gasteiger partial charge in [0.15, 0.2) is 11.0 Å². The lowest BCUT2D eigenvalue weighted by molar-refractivity contribution is -0.113. The van der Waals surface area contributed by atoms with E-state index in [9.17, 15) is 9.18 Å². The van der Waals surface area contributed by atoms with Crippen LogP contribution < -0.4 is 14.8 Å². The first-order valence-electron chi connectivity index (χ1n) is 10.5. The van der Waals surface area contributed by atoms with E-state index in [0.717, 1.165) is 22.7 Å². The maximum Gasteiger partial charge on any atom is 0.234 e. The molecule has 1 heterocycles. The van der Waals surface area contributed by atoms with Crippen molar-refractivity contribution < 1.29 is 18.7 Å². The number of hydrogen-bond donors (Lipinski definition) is 1. The molecule has 0 aliphatic rings. The Labute approximate surface area is 200 Å². The van der Waals surface area contributed by atoms with Crippen LogP contribution in [0.1, 0.15) is 11.4 Å². The average Bonchev–Trinajstić information content (AvgIpc) is 3.26. The fourth-order valence-corrected chi connectivity index (χ4v) is 3.89. The third-order valence-electron chi connectivity index (χ3n) is 4.88. The summed E-state index contributed by atoms with van der Waals surface area (Å²) in [6.45, 7) is 2.21. The van der Waals surface area contributed by atoms with E-state index < -0.39 is 0 Å². The lowest BCUT2D eigenvalue weighted by atomic mass is 10.2. The summed E-state index contributed by atoms with van der Waals surface area (Å²) in [4.78, 5) is 12.4. The fourth-order valence-electron chi connectivity index (χ4n) is 3.12. The summed E-state index contributed by atoms with van der Waals surface area (Å²) in [5.41, 5.74) is 2.48. The summed E-state index contributed by atoms with van der Waals surface area (Å²) in [6, 6.07) is 20.8. The van der Waals surface area contributed by atoms with Crippen LogP contribution in [0, 0.1) is 12.7 Å². The molecule has 34 heavy (non-hydrogen) atoms. The first kappa shape index (κ1) is 23.3. The molecule has 174 valence electrons. The van der Waals surface area contributed by atoms with Gasteiger partial charge in [-0.15, -0.1) is 10.2 Å². The highest BCUT2D eigenvalue weighted by Crippen LogP contribution is 2.25. The molecule has 0 unspecified atom stereocenters. The second-order valence-electron chi connectivity index (χ2n) is 7.38. The lowest BCUT2D eigenvalue weighted by Crippen LogP contribution is -2.14. The van der Waals surface area contributed by atoms with Gasteiger partial charge in [-0.05, 0) is 67.6 Å². The molecule has 0 saturated heterocycles. The second kappa shape index (κ2) is 10.8. The van der Waals surface area contributed by atoms with Crippen LogP contribution in [0.15, 0.2) is 78.0 Å². The number of nitrogens with one attached hydrogen (secondary N) is 1. The SMILES string of the molecule is COc1ccc(-n2c(COc3ccc(C)cc3)nnc2SCC(=O)Nc2ccc(F)cc2)cc1. The van der Waals surface area contributed by atoms with Crippen molar-refractivity contribution >= 4 is 23.4 Å². The van der Waals surface area contributed by atoms with Crippen LogP contribution in [0.3, 0.4) is 0 Å². The van der Waals surface area contributed by atoms with Gasteiger partial charge in [0.25, 0.3) is 0 Å². The number of halogens is 1. The second-order valence-corrected chi connectivity index (χ2v) is 8.32. The molecule has 0 fully saturated rings. The third-order valence-corrected chi connectivity index (χ3v) is 5.81. The Hall–Kier alpha value is -3.85. The number of hydrogen-bond acceptors (Lipinski definition) is 6. The molecule has 4 rings (SSSR count). The summed E-state index contributed by atoms with van der Waals surface area (Å²) in [5, 5.41) is 11.9. The van der Waals surface area contributed by atoms with Crippen LogP contribution in [0.5, 0.6) is 11.5 Å². The van der Waals surface area contributed by atoms with Crippen molar-refractivity contribution in [1.29, 1.82) is 0 Å². The van der Waals surface area contributed by atoms with Crippen LogP contribution >= 0.6 is 11.8 Å². The van der Waals surface area contributed by atoms with Gasteiger partial charge in [0.1, 0.15) is 23.9 Å². The van der Waals surface area contributed by atoms with Crippen molar-refractivity contribution in [2.75, 3.05) is 18.2 Å². The Kier molecular flexibility index (Phi) is 7.44. The Morgan fingerprint density at radius 2 is 1.65 bits per heavy atom. The number of methoxy groups -OCH3 is 1. The van der Waals surface area contributed by atoms with E-state index in [0.29, 0.717) is 16.7 Å². The Morgan fingerprint density at radius 3 is 2.32 bits per heavy atom. The summed E-state index contributed by atoms with van der Waals surface area (Å²) in [5.74, 6) is 1.54. The largest absolute Gasteiger partial charge is 0.497 e. The highest BCUT2D eigenvalue weighted by molar-refractivity contribution is 7.99. The number of carbonyl (C=O) groups is 1. The quantitative estimate of drug-likeness (QED) is 0.340. The molecule has 0 aliphatic carbocycles. The van der Waals surface area contributed by atoms with Gasteiger partial charge in [0.05, 0.1) is 12.9 Å². The summed E-state index contributed by atoms with van der Waals surface area (Å²) in [7, 11) is 1.61.